The van der Waals surface area contributed by atoms with E-state index in [-0.39, 0.29) is 0 Å². The first-order valence-electron chi connectivity index (χ1n) is 5.68. The molecule has 2 heterocycles. The van der Waals surface area contributed by atoms with Gasteiger partial charge in [-0.05, 0) is 12.5 Å². The Morgan fingerprint density at radius 3 is 2.76 bits per heavy atom. The number of rotatable bonds is 2. The summed E-state index contributed by atoms with van der Waals surface area (Å²) >= 11 is 0. The van der Waals surface area contributed by atoms with E-state index in [2.05, 4.69) is 22.1 Å². The molecule has 0 saturated carbocycles. The second-order valence-corrected chi connectivity index (χ2v) is 4.01. The lowest BCUT2D eigenvalue weighted by molar-refractivity contribution is 0.536. The highest BCUT2D eigenvalue weighted by molar-refractivity contribution is 6.05. The SMILES string of the molecule is CCCn1nc2c(N)nc3ccccc3c2n1. The van der Waals surface area contributed by atoms with Crippen LogP contribution in [-0.4, -0.2) is 20.0 Å². The number of anilines is 1. The third-order valence-electron chi connectivity index (χ3n) is 2.72. The molecule has 0 atom stereocenters. The molecule has 0 fully saturated rings. The fourth-order valence-electron chi connectivity index (χ4n) is 1.96. The summed E-state index contributed by atoms with van der Waals surface area (Å²) in [5, 5.41) is 9.85. The summed E-state index contributed by atoms with van der Waals surface area (Å²) in [6, 6.07) is 7.84. The lowest BCUT2D eigenvalue weighted by atomic mass is 10.2. The zero-order valence-corrected chi connectivity index (χ0v) is 9.59. The van der Waals surface area contributed by atoms with Gasteiger partial charge in [-0.2, -0.15) is 9.90 Å². The minimum absolute atomic E-state index is 0.445. The topological polar surface area (TPSA) is 69.6 Å². The molecular formula is C12H13N5. The van der Waals surface area contributed by atoms with Crippen LogP contribution in [0.5, 0.6) is 0 Å². The second kappa shape index (κ2) is 3.69. The van der Waals surface area contributed by atoms with Gasteiger partial charge < -0.3 is 5.73 Å². The predicted octanol–water partition coefficient (Wildman–Crippen LogP) is 1.97. The molecule has 0 amide bonds. The molecule has 0 aliphatic carbocycles. The number of hydrogen-bond acceptors (Lipinski definition) is 4. The van der Waals surface area contributed by atoms with Crippen molar-refractivity contribution in [1.82, 2.24) is 20.0 Å². The summed E-state index contributed by atoms with van der Waals surface area (Å²) in [7, 11) is 0. The van der Waals surface area contributed by atoms with E-state index in [0.29, 0.717) is 11.3 Å². The highest BCUT2D eigenvalue weighted by Crippen LogP contribution is 2.24. The quantitative estimate of drug-likeness (QED) is 0.726. The molecule has 0 bridgehead atoms. The van der Waals surface area contributed by atoms with Crippen molar-refractivity contribution in [2.75, 3.05) is 5.73 Å². The minimum atomic E-state index is 0.445. The first-order chi connectivity index (χ1) is 8.29. The molecule has 1 aromatic carbocycles. The maximum absolute atomic E-state index is 5.90. The lowest BCUT2D eigenvalue weighted by Crippen LogP contribution is -2.00. The third kappa shape index (κ3) is 1.51. The van der Waals surface area contributed by atoms with Crippen molar-refractivity contribution in [3.05, 3.63) is 24.3 Å². The summed E-state index contributed by atoms with van der Waals surface area (Å²) in [6.07, 6.45) is 0.992. The van der Waals surface area contributed by atoms with Gasteiger partial charge in [-0.15, -0.1) is 5.10 Å². The van der Waals surface area contributed by atoms with E-state index in [1.807, 2.05) is 24.3 Å². The van der Waals surface area contributed by atoms with Crippen LogP contribution in [0.4, 0.5) is 5.82 Å². The van der Waals surface area contributed by atoms with Gasteiger partial charge in [0.1, 0.15) is 5.52 Å². The Kier molecular flexibility index (Phi) is 2.18. The lowest BCUT2D eigenvalue weighted by Gasteiger charge is -1.98. The zero-order valence-electron chi connectivity index (χ0n) is 9.59. The van der Waals surface area contributed by atoms with Crippen molar-refractivity contribution in [2.45, 2.75) is 19.9 Å². The Bertz CT molecular complexity index is 686. The molecule has 3 rings (SSSR count). The van der Waals surface area contributed by atoms with Gasteiger partial charge in [-0.25, -0.2) is 4.98 Å². The van der Waals surface area contributed by atoms with Crippen LogP contribution in [0.1, 0.15) is 13.3 Å². The number of para-hydroxylation sites is 1. The van der Waals surface area contributed by atoms with Crippen molar-refractivity contribution in [3.63, 3.8) is 0 Å². The zero-order chi connectivity index (χ0) is 11.8. The van der Waals surface area contributed by atoms with E-state index in [4.69, 9.17) is 5.73 Å². The van der Waals surface area contributed by atoms with Gasteiger partial charge in [0.15, 0.2) is 11.3 Å². The Balaban J connectivity index is 2.39. The third-order valence-corrected chi connectivity index (χ3v) is 2.72. The van der Waals surface area contributed by atoms with E-state index >= 15 is 0 Å². The van der Waals surface area contributed by atoms with Crippen LogP contribution in [-0.2, 0) is 6.54 Å². The fraction of sp³-hybridized carbons (Fsp3) is 0.250. The average Bonchev–Trinajstić information content (AvgIpc) is 2.74. The molecule has 3 aromatic rings. The molecule has 5 heteroatoms. The molecule has 0 aliphatic heterocycles. The van der Waals surface area contributed by atoms with Crippen LogP contribution in [0, 0.1) is 0 Å². The Hall–Kier alpha value is -2.17. The molecule has 2 aromatic heterocycles. The van der Waals surface area contributed by atoms with Gasteiger partial charge in [-0.3, -0.25) is 0 Å². The van der Waals surface area contributed by atoms with Crippen LogP contribution >= 0.6 is 0 Å². The monoisotopic (exact) mass is 227 g/mol. The van der Waals surface area contributed by atoms with Gasteiger partial charge >= 0.3 is 0 Å². The number of aryl methyl sites for hydroxylation is 1. The van der Waals surface area contributed by atoms with E-state index in [0.717, 1.165) is 29.4 Å². The summed E-state index contributed by atoms with van der Waals surface area (Å²) in [5.74, 6) is 0.445. The van der Waals surface area contributed by atoms with E-state index in [1.165, 1.54) is 0 Å². The first kappa shape index (κ1) is 10.0. The number of benzene rings is 1. The number of hydrogen-bond donors (Lipinski definition) is 1. The van der Waals surface area contributed by atoms with E-state index in [9.17, 15) is 0 Å². The summed E-state index contributed by atoms with van der Waals surface area (Å²) in [5.41, 5.74) is 8.29. The van der Waals surface area contributed by atoms with Gasteiger partial charge in [0.25, 0.3) is 0 Å². The van der Waals surface area contributed by atoms with Crippen molar-refractivity contribution >= 4 is 27.8 Å². The molecule has 0 unspecified atom stereocenters. The number of fused-ring (bicyclic) bond motifs is 3. The van der Waals surface area contributed by atoms with E-state index in [1.54, 1.807) is 4.80 Å². The molecule has 17 heavy (non-hydrogen) atoms. The standard InChI is InChI=1S/C12H13N5/c1-2-7-17-15-10-8-5-3-4-6-9(8)14-12(13)11(10)16-17/h3-6H,2,7H2,1H3,(H2,13,14). The molecule has 0 spiro atoms. The maximum atomic E-state index is 5.90. The molecular weight excluding hydrogens is 214 g/mol. The molecule has 0 radical (unpaired) electrons. The fourth-order valence-corrected chi connectivity index (χ4v) is 1.96. The minimum Gasteiger partial charge on any atom is -0.382 e. The van der Waals surface area contributed by atoms with Crippen molar-refractivity contribution < 1.29 is 0 Å². The van der Waals surface area contributed by atoms with Crippen LogP contribution in [0.15, 0.2) is 24.3 Å². The predicted molar refractivity (Wildman–Crippen MR) is 67.5 cm³/mol. The molecule has 2 N–H and O–H groups in total. The number of nitrogens with zero attached hydrogens (tertiary/aromatic N) is 4. The highest BCUT2D eigenvalue weighted by Gasteiger charge is 2.11. The van der Waals surface area contributed by atoms with Crippen molar-refractivity contribution in [2.24, 2.45) is 0 Å². The van der Waals surface area contributed by atoms with Gasteiger partial charge in [0.2, 0.25) is 0 Å². The van der Waals surface area contributed by atoms with Gasteiger partial charge in [0, 0.05) is 5.39 Å². The summed E-state index contributed by atoms with van der Waals surface area (Å²) in [6.45, 7) is 2.89. The Morgan fingerprint density at radius 2 is 1.94 bits per heavy atom. The average molecular weight is 227 g/mol. The van der Waals surface area contributed by atoms with Gasteiger partial charge in [0.05, 0.1) is 12.1 Å². The molecule has 5 nitrogen and oxygen atoms in total. The van der Waals surface area contributed by atoms with Crippen LogP contribution in [0.3, 0.4) is 0 Å². The van der Waals surface area contributed by atoms with E-state index < -0.39 is 0 Å². The van der Waals surface area contributed by atoms with Crippen LogP contribution in [0.25, 0.3) is 21.9 Å². The first-order valence-corrected chi connectivity index (χ1v) is 5.68. The number of pyridine rings is 1. The maximum Gasteiger partial charge on any atom is 0.155 e. The molecule has 0 saturated heterocycles. The number of nitrogen functional groups attached to an aromatic ring is 1. The second-order valence-electron chi connectivity index (χ2n) is 4.01. The summed E-state index contributed by atoms with van der Waals surface area (Å²) in [4.78, 5) is 6.03. The molecule has 86 valence electrons. The molecule has 0 aliphatic rings. The Labute approximate surface area is 98.2 Å². The number of aromatic nitrogens is 4. The largest absolute Gasteiger partial charge is 0.382 e. The normalized spacial score (nSPS) is 11.4. The van der Waals surface area contributed by atoms with Crippen molar-refractivity contribution in [1.29, 1.82) is 0 Å². The number of nitrogens with two attached hydrogens (primary N) is 1. The highest BCUT2D eigenvalue weighted by atomic mass is 15.5. The Morgan fingerprint density at radius 1 is 1.18 bits per heavy atom. The van der Waals surface area contributed by atoms with Crippen LogP contribution in [0.2, 0.25) is 0 Å². The van der Waals surface area contributed by atoms with Gasteiger partial charge in [-0.1, -0.05) is 25.1 Å². The smallest absolute Gasteiger partial charge is 0.155 e. The van der Waals surface area contributed by atoms with Crippen LogP contribution < -0.4 is 5.73 Å². The summed E-state index contributed by atoms with van der Waals surface area (Å²) < 4.78 is 0. The van der Waals surface area contributed by atoms with Crippen molar-refractivity contribution in [3.8, 4) is 0 Å².